The fraction of sp³-hybridized carbons (Fsp3) is 0.115. The van der Waals surface area contributed by atoms with Crippen molar-refractivity contribution in [1.82, 2.24) is 4.98 Å². The lowest BCUT2D eigenvalue weighted by atomic mass is 10.1. The standard InChI is InChI=1S/C26H20ClN3O3S/c1-2-32-23-14-17(11-12-22(23)33-16-18-7-3-4-8-20(18)27)13-19(15-28)25(31)30-26-29-21-9-5-6-10-24(21)34-26/h3-14H,2,16H2,1H3,(H,29,30,31)/b19-13+. The number of carbonyl (C=O) groups excluding carboxylic acids is 1. The van der Waals surface area contributed by atoms with Crippen molar-refractivity contribution in [2.75, 3.05) is 11.9 Å². The van der Waals surface area contributed by atoms with E-state index in [1.54, 1.807) is 24.3 Å². The molecule has 0 radical (unpaired) electrons. The van der Waals surface area contributed by atoms with Gasteiger partial charge in [-0.1, -0.05) is 59.3 Å². The van der Waals surface area contributed by atoms with Crippen LogP contribution in [0.5, 0.6) is 11.5 Å². The largest absolute Gasteiger partial charge is 0.490 e. The summed E-state index contributed by atoms with van der Waals surface area (Å²) in [5.74, 6) is 0.516. The first-order valence-electron chi connectivity index (χ1n) is 10.5. The quantitative estimate of drug-likeness (QED) is 0.226. The third kappa shape index (κ3) is 5.54. The highest BCUT2D eigenvalue weighted by molar-refractivity contribution is 7.22. The summed E-state index contributed by atoms with van der Waals surface area (Å²) in [6.45, 7) is 2.58. The van der Waals surface area contributed by atoms with Gasteiger partial charge in [-0.05, 0) is 48.9 Å². The summed E-state index contributed by atoms with van der Waals surface area (Å²) in [6, 6.07) is 22.2. The first-order valence-corrected chi connectivity index (χ1v) is 11.7. The van der Waals surface area contributed by atoms with Gasteiger partial charge in [-0.25, -0.2) is 4.98 Å². The van der Waals surface area contributed by atoms with Crippen molar-refractivity contribution >= 4 is 50.3 Å². The number of nitrogens with one attached hydrogen (secondary N) is 1. The zero-order valence-corrected chi connectivity index (χ0v) is 19.8. The molecular weight excluding hydrogens is 470 g/mol. The maximum Gasteiger partial charge on any atom is 0.268 e. The third-order valence-corrected chi connectivity index (χ3v) is 6.12. The SMILES string of the molecule is CCOc1cc(/C=C(\C#N)C(=O)Nc2nc3ccccc3s2)ccc1OCc1ccccc1Cl. The molecule has 6 nitrogen and oxygen atoms in total. The van der Waals surface area contributed by atoms with Crippen molar-refractivity contribution in [3.05, 3.63) is 88.5 Å². The fourth-order valence-electron chi connectivity index (χ4n) is 3.18. The van der Waals surface area contributed by atoms with Gasteiger partial charge in [0.2, 0.25) is 0 Å². The van der Waals surface area contributed by atoms with Gasteiger partial charge in [0.05, 0.1) is 16.8 Å². The molecule has 3 aromatic carbocycles. The van der Waals surface area contributed by atoms with E-state index in [9.17, 15) is 10.1 Å². The maximum atomic E-state index is 12.7. The highest BCUT2D eigenvalue weighted by Gasteiger charge is 2.14. The Balaban J connectivity index is 1.52. The van der Waals surface area contributed by atoms with Crippen LogP contribution in [-0.4, -0.2) is 17.5 Å². The van der Waals surface area contributed by atoms with Crippen molar-refractivity contribution in [2.45, 2.75) is 13.5 Å². The van der Waals surface area contributed by atoms with Crippen LogP contribution >= 0.6 is 22.9 Å². The molecular formula is C26H20ClN3O3S. The lowest BCUT2D eigenvalue weighted by Gasteiger charge is -2.13. The van der Waals surface area contributed by atoms with Gasteiger partial charge in [0, 0.05) is 10.6 Å². The summed E-state index contributed by atoms with van der Waals surface area (Å²) in [6.07, 6.45) is 1.50. The van der Waals surface area contributed by atoms with Crippen molar-refractivity contribution in [2.24, 2.45) is 0 Å². The average Bonchev–Trinajstić information content (AvgIpc) is 3.25. The molecule has 0 aliphatic heterocycles. The molecule has 0 bridgehead atoms. The Morgan fingerprint density at radius 2 is 1.91 bits per heavy atom. The zero-order chi connectivity index (χ0) is 23.9. The molecule has 34 heavy (non-hydrogen) atoms. The molecule has 0 aliphatic carbocycles. The van der Waals surface area contributed by atoms with Crippen molar-refractivity contribution in [3.63, 3.8) is 0 Å². The number of hydrogen-bond donors (Lipinski definition) is 1. The summed E-state index contributed by atoms with van der Waals surface area (Å²) < 4.78 is 12.6. The Labute approximate surface area is 206 Å². The van der Waals surface area contributed by atoms with Gasteiger partial charge in [-0.2, -0.15) is 5.26 Å². The van der Waals surface area contributed by atoms with Crippen LogP contribution in [0.3, 0.4) is 0 Å². The Bertz CT molecular complexity index is 1370. The lowest BCUT2D eigenvalue weighted by molar-refractivity contribution is -0.112. The van der Waals surface area contributed by atoms with Crippen LogP contribution in [-0.2, 0) is 11.4 Å². The fourth-order valence-corrected chi connectivity index (χ4v) is 4.23. The predicted octanol–water partition coefficient (Wildman–Crippen LogP) is 6.47. The number of rotatable bonds is 8. The Hall–Kier alpha value is -3.86. The highest BCUT2D eigenvalue weighted by Crippen LogP contribution is 2.31. The maximum absolute atomic E-state index is 12.7. The number of carbonyl (C=O) groups is 1. The number of benzene rings is 3. The Morgan fingerprint density at radius 3 is 2.68 bits per heavy atom. The van der Waals surface area contributed by atoms with Crippen LogP contribution in [0.25, 0.3) is 16.3 Å². The summed E-state index contributed by atoms with van der Waals surface area (Å²) >= 11 is 7.56. The number of aromatic nitrogens is 1. The minimum atomic E-state index is -0.529. The van der Waals surface area contributed by atoms with Crippen LogP contribution in [0.2, 0.25) is 5.02 Å². The molecule has 0 aliphatic rings. The van der Waals surface area contributed by atoms with Gasteiger partial charge in [0.15, 0.2) is 16.6 Å². The van der Waals surface area contributed by atoms with E-state index in [1.165, 1.54) is 17.4 Å². The zero-order valence-electron chi connectivity index (χ0n) is 18.2. The van der Waals surface area contributed by atoms with Crippen LogP contribution in [0.1, 0.15) is 18.1 Å². The third-order valence-electron chi connectivity index (χ3n) is 4.80. The molecule has 8 heteroatoms. The average molecular weight is 490 g/mol. The van der Waals surface area contributed by atoms with Crippen molar-refractivity contribution in [1.29, 1.82) is 5.26 Å². The van der Waals surface area contributed by atoms with Gasteiger partial charge < -0.3 is 9.47 Å². The first-order chi connectivity index (χ1) is 16.6. The van der Waals surface area contributed by atoms with E-state index in [4.69, 9.17) is 21.1 Å². The van der Waals surface area contributed by atoms with E-state index in [0.717, 1.165) is 15.8 Å². The minimum Gasteiger partial charge on any atom is -0.490 e. The molecule has 1 heterocycles. The van der Waals surface area contributed by atoms with E-state index >= 15 is 0 Å². The summed E-state index contributed by atoms with van der Waals surface area (Å²) in [7, 11) is 0. The number of anilines is 1. The molecule has 4 rings (SSSR count). The van der Waals surface area contributed by atoms with Gasteiger partial charge in [-0.15, -0.1) is 0 Å². The molecule has 1 N–H and O–H groups in total. The second-order valence-corrected chi connectivity index (χ2v) is 8.57. The molecule has 0 unspecified atom stereocenters. The predicted molar refractivity (Wildman–Crippen MR) is 135 cm³/mol. The van der Waals surface area contributed by atoms with E-state index in [-0.39, 0.29) is 12.2 Å². The highest BCUT2D eigenvalue weighted by atomic mass is 35.5. The van der Waals surface area contributed by atoms with E-state index < -0.39 is 5.91 Å². The van der Waals surface area contributed by atoms with Gasteiger partial charge in [-0.3, -0.25) is 10.1 Å². The normalized spacial score (nSPS) is 11.1. The van der Waals surface area contributed by atoms with E-state index in [0.29, 0.717) is 33.8 Å². The second kappa shape index (κ2) is 10.8. The summed E-state index contributed by atoms with van der Waals surface area (Å²) in [4.78, 5) is 17.1. The number of halogens is 1. The number of hydrogen-bond acceptors (Lipinski definition) is 6. The number of thiazole rings is 1. The molecule has 4 aromatic rings. The number of amides is 1. The summed E-state index contributed by atoms with van der Waals surface area (Å²) in [5, 5.41) is 13.3. The van der Waals surface area contributed by atoms with E-state index in [1.807, 2.05) is 55.5 Å². The second-order valence-electron chi connectivity index (χ2n) is 7.13. The van der Waals surface area contributed by atoms with Gasteiger partial charge in [0.1, 0.15) is 18.2 Å². The molecule has 0 saturated carbocycles. The molecule has 0 fully saturated rings. The van der Waals surface area contributed by atoms with Crippen LogP contribution in [0.4, 0.5) is 5.13 Å². The number of ether oxygens (including phenoxy) is 2. The molecule has 170 valence electrons. The first kappa shape index (κ1) is 23.3. The monoisotopic (exact) mass is 489 g/mol. The number of fused-ring (bicyclic) bond motifs is 1. The van der Waals surface area contributed by atoms with Crippen molar-refractivity contribution in [3.8, 4) is 17.6 Å². The molecule has 1 aromatic heterocycles. The molecule has 0 spiro atoms. The van der Waals surface area contributed by atoms with E-state index in [2.05, 4.69) is 10.3 Å². The Kier molecular flexibility index (Phi) is 7.43. The number of nitrogens with zero attached hydrogens (tertiary/aromatic N) is 2. The lowest BCUT2D eigenvalue weighted by Crippen LogP contribution is -2.13. The minimum absolute atomic E-state index is 0.0496. The van der Waals surface area contributed by atoms with Crippen LogP contribution < -0.4 is 14.8 Å². The molecule has 0 atom stereocenters. The molecule has 1 amide bonds. The van der Waals surface area contributed by atoms with Crippen molar-refractivity contribution < 1.29 is 14.3 Å². The number of nitriles is 1. The number of para-hydroxylation sites is 1. The summed E-state index contributed by atoms with van der Waals surface area (Å²) in [5.41, 5.74) is 2.23. The van der Waals surface area contributed by atoms with Crippen LogP contribution in [0, 0.1) is 11.3 Å². The van der Waals surface area contributed by atoms with Gasteiger partial charge >= 0.3 is 0 Å². The van der Waals surface area contributed by atoms with Crippen LogP contribution in [0.15, 0.2) is 72.3 Å². The smallest absolute Gasteiger partial charge is 0.268 e. The Morgan fingerprint density at radius 1 is 1.12 bits per heavy atom. The van der Waals surface area contributed by atoms with Gasteiger partial charge in [0.25, 0.3) is 5.91 Å². The molecule has 0 saturated heterocycles. The topological polar surface area (TPSA) is 84.2 Å².